The van der Waals surface area contributed by atoms with Gasteiger partial charge in [0.25, 0.3) is 0 Å². The Bertz CT molecular complexity index is 957. The molecular weight excluding hydrogens is 360 g/mol. The first-order valence-corrected chi connectivity index (χ1v) is 8.80. The molecule has 1 aliphatic carbocycles. The summed E-state index contributed by atoms with van der Waals surface area (Å²) in [4.78, 5) is 27.4. The molecule has 0 saturated heterocycles. The number of carbonyl (C=O) groups excluding carboxylic acids is 1. The highest BCUT2D eigenvalue weighted by molar-refractivity contribution is 5.81. The number of carboxylic acid groups (broad SMARTS) is 1. The van der Waals surface area contributed by atoms with Crippen LogP contribution in [0.1, 0.15) is 17.0 Å². The standard InChI is InChI=1S/C20H18N4O4/c25-19(26)18(9-24-12-21-11-22-24)23-20(27)28-10-17-15-7-3-1-5-13(15)14-6-2-4-8-16(14)17/h1-8,11-12,17-18H,9-10H2,(H,23,27)(H,25,26). The quantitative estimate of drug-likeness (QED) is 0.682. The third kappa shape index (κ3) is 3.44. The highest BCUT2D eigenvalue weighted by atomic mass is 16.5. The summed E-state index contributed by atoms with van der Waals surface area (Å²) in [6, 6.07) is 14.8. The Morgan fingerprint density at radius 1 is 1.11 bits per heavy atom. The van der Waals surface area contributed by atoms with Gasteiger partial charge in [0.2, 0.25) is 0 Å². The van der Waals surface area contributed by atoms with Crippen LogP contribution in [-0.4, -0.2) is 44.6 Å². The zero-order valence-corrected chi connectivity index (χ0v) is 14.9. The minimum absolute atomic E-state index is 0.0421. The van der Waals surface area contributed by atoms with Gasteiger partial charge in [0, 0.05) is 5.92 Å². The molecule has 1 aromatic heterocycles. The number of alkyl carbamates (subject to hydrolysis) is 1. The molecule has 2 aromatic carbocycles. The SMILES string of the molecule is O=C(NC(Cn1cncn1)C(=O)O)OCC1c2ccccc2-c2ccccc21. The Labute approximate surface area is 160 Å². The fraction of sp³-hybridized carbons (Fsp3) is 0.200. The van der Waals surface area contributed by atoms with Gasteiger partial charge in [0.05, 0.1) is 6.54 Å². The Hall–Kier alpha value is -3.68. The molecule has 1 aliphatic rings. The molecular formula is C20H18N4O4. The molecule has 8 heteroatoms. The number of nitrogens with one attached hydrogen (secondary N) is 1. The summed E-state index contributed by atoms with van der Waals surface area (Å²) in [5.41, 5.74) is 4.44. The van der Waals surface area contributed by atoms with E-state index in [2.05, 4.69) is 15.4 Å². The largest absolute Gasteiger partial charge is 0.480 e. The molecule has 1 heterocycles. The summed E-state index contributed by atoms with van der Waals surface area (Å²) >= 11 is 0. The monoisotopic (exact) mass is 378 g/mol. The van der Waals surface area contributed by atoms with E-state index < -0.39 is 18.1 Å². The van der Waals surface area contributed by atoms with Crippen LogP contribution in [0.4, 0.5) is 4.79 Å². The molecule has 1 atom stereocenters. The van der Waals surface area contributed by atoms with Crippen molar-refractivity contribution in [3.8, 4) is 11.1 Å². The summed E-state index contributed by atoms with van der Waals surface area (Å²) in [6.45, 7) is 0.0784. The van der Waals surface area contributed by atoms with Crippen LogP contribution in [0.15, 0.2) is 61.2 Å². The number of aromatic nitrogens is 3. The van der Waals surface area contributed by atoms with Crippen LogP contribution in [0.5, 0.6) is 0 Å². The minimum atomic E-state index is -1.18. The highest BCUT2D eigenvalue weighted by Crippen LogP contribution is 2.44. The maximum atomic E-state index is 12.2. The summed E-state index contributed by atoms with van der Waals surface area (Å²) in [6.07, 6.45) is 1.90. The van der Waals surface area contributed by atoms with Gasteiger partial charge >= 0.3 is 12.1 Å². The predicted molar refractivity (Wildman–Crippen MR) is 99.7 cm³/mol. The van der Waals surface area contributed by atoms with Crippen molar-refractivity contribution >= 4 is 12.1 Å². The second-order valence-electron chi connectivity index (χ2n) is 6.48. The number of amides is 1. The molecule has 8 nitrogen and oxygen atoms in total. The van der Waals surface area contributed by atoms with E-state index in [0.717, 1.165) is 22.3 Å². The molecule has 1 unspecified atom stereocenters. The van der Waals surface area contributed by atoms with Crippen molar-refractivity contribution in [2.24, 2.45) is 0 Å². The fourth-order valence-corrected chi connectivity index (χ4v) is 3.48. The number of benzene rings is 2. The van der Waals surface area contributed by atoms with E-state index in [1.54, 1.807) is 0 Å². The van der Waals surface area contributed by atoms with Gasteiger partial charge in [-0.15, -0.1) is 0 Å². The zero-order valence-electron chi connectivity index (χ0n) is 14.9. The molecule has 1 amide bonds. The van der Waals surface area contributed by atoms with Crippen molar-refractivity contribution in [3.05, 3.63) is 72.3 Å². The average molecular weight is 378 g/mol. The van der Waals surface area contributed by atoms with Crippen LogP contribution in [0.2, 0.25) is 0 Å². The number of carbonyl (C=O) groups is 2. The molecule has 0 saturated carbocycles. The molecule has 28 heavy (non-hydrogen) atoms. The van der Waals surface area contributed by atoms with Gasteiger partial charge in [0.1, 0.15) is 25.3 Å². The fourth-order valence-electron chi connectivity index (χ4n) is 3.48. The molecule has 4 rings (SSSR count). The van der Waals surface area contributed by atoms with Gasteiger partial charge in [-0.05, 0) is 22.3 Å². The lowest BCUT2D eigenvalue weighted by Gasteiger charge is -2.17. The van der Waals surface area contributed by atoms with Gasteiger partial charge < -0.3 is 15.2 Å². The molecule has 142 valence electrons. The van der Waals surface area contributed by atoms with E-state index in [4.69, 9.17) is 4.74 Å². The smallest absolute Gasteiger partial charge is 0.407 e. The first kappa shape index (κ1) is 17.7. The predicted octanol–water partition coefficient (Wildman–Crippen LogP) is 2.27. The minimum Gasteiger partial charge on any atom is -0.480 e. The van der Waals surface area contributed by atoms with E-state index in [0.29, 0.717) is 0 Å². The van der Waals surface area contributed by atoms with Gasteiger partial charge in [-0.3, -0.25) is 4.68 Å². The normalized spacial score (nSPS) is 13.4. The van der Waals surface area contributed by atoms with E-state index in [-0.39, 0.29) is 19.1 Å². The van der Waals surface area contributed by atoms with Gasteiger partial charge in [0.15, 0.2) is 0 Å². The Kier molecular flexibility index (Phi) is 4.76. The second kappa shape index (κ2) is 7.51. The van der Waals surface area contributed by atoms with E-state index in [1.165, 1.54) is 17.3 Å². The molecule has 0 spiro atoms. The molecule has 2 N–H and O–H groups in total. The molecule has 0 aliphatic heterocycles. The molecule has 0 bridgehead atoms. The highest BCUT2D eigenvalue weighted by Gasteiger charge is 2.29. The lowest BCUT2D eigenvalue weighted by atomic mass is 9.98. The van der Waals surface area contributed by atoms with Crippen molar-refractivity contribution in [1.82, 2.24) is 20.1 Å². The summed E-state index contributed by atoms with van der Waals surface area (Å²) in [5.74, 6) is -1.26. The summed E-state index contributed by atoms with van der Waals surface area (Å²) in [5, 5.41) is 15.6. The van der Waals surface area contributed by atoms with E-state index in [9.17, 15) is 14.7 Å². The number of aliphatic carboxylic acids is 1. The Morgan fingerprint density at radius 2 is 1.75 bits per heavy atom. The van der Waals surface area contributed by atoms with Crippen LogP contribution in [0, 0.1) is 0 Å². The first-order chi connectivity index (χ1) is 13.6. The van der Waals surface area contributed by atoms with Crippen LogP contribution in [-0.2, 0) is 16.1 Å². The first-order valence-electron chi connectivity index (χ1n) is 8.80. The number of ether oxygens (including phenoxy) is 1. The zero-order chi connectivity index (χ0) is 19.5. The second-order valence-corrected chi connectivity index (χ2v) is 6.48. The summed E-state index contributed by atoms with van der Waals surface area (Å²) < 4.78 is 6.72. The van der Waals surface area contributed by atoms with Crippen LogP contribution in [0.25, 0.3) is 11.1 Å². The van der Waals surface area contributed by atoms with Crippen molar-refractivity contribution in [2.75, 3.05) is 6.61 Å². The van der Waals surface area contributed by atoms with Crippen molar-refractivity contribution in [3.63, 3.8) is 0 Å². The maximum absolute atomic E-state index is 12.2. The van der Waals surface area contributed by atoms with Crippen molar-refractivity contribution in [1.29, 1.82) is 0 Å². The molecule has 3 aromatic rings. The van der Waals surface area contributed by atoms with Gasteiger partial charge in [-0.1, -0.05) is 48.5 Å². The van der Waals surface area contributed by atoms with Crippen LogP contribution in [0.3, 0.4) is 0 Å². The van der Waals surface area contributed by atoms with Gasteiger partial charge in [-0.2, -0.15) is 5.10 Å². The molecule has 0 fully saturated rings. The van der Waals surface area contributed by atoms with Gasteiger partial charge in [-0.25, -0.2) is 14.6 Å². The Morgan fingerprint density at radius 3 is 2.32 bits per heavy atom. The summed E-state index contributed by atoms with van der Waals surface area (Å²) in [7, 11) is 0. The lowest BCUT2D eigenvalue weighted by molar-refractivity contribution is -0.139. The number of fused-ring (bicyclic) bond motifs is 3. The van der Waals surface area contributed by atoms with Crippen LogP contribution < -0.4 is 5.32 Å². The third-order valence-electron chi connectivity index (χ3n) is 4.77. The van der Waals surface area contributed by atoms with E-state index in [1.807, 2.05) is 48.5 Å². The Balaban J connectivity index is 1.44. The number of rotatable bonds is 6. The van der Waals surface area contributed by atoms with E-state index >= 15 is 0 Å². The number of nitrogens with zero attached hydrogens (tertiary/aromatic N) is 3. The molecule has 0 radical (unpaired) electrons. The lowest BCUT2D eigenvalue weighted by Crippen LogP contribution is -2.44. The van der Waals surface area contributed by atoms with Crippen LogP contribution >= 0.6 is 0 Å². The third-order valence-corrected chi connectivity index (χ3v) is 4.77. The topological polar surface area (TPSA) is 106 Å². The average Bonchev–Trinajstić information content (AvgIpc) is 3.32. The number of hydrogen-bond acceptors (Lipinski definition) is 5. The van der Waals surface area contributed by atoms with Crippen molar-refractivity contribution < 1.29 is 19.4 Å². The number of hydrogen-bond donors (Lipinski definition) is 2. The number of carboxylic acids is 1. The van der Waals surface area contributed by atoms with Crippen molar-refractivity contribution in [2.45, 2.75) is 18.5 Å². The maximum Gasteiger partial charge on any atom is 0.407 e.